The number of rotatable bonds is 4. The van der Waals surface area contributed by atoms with E-state index in [0.29, 0.717) is 11.0 Å². The minimum absolute atomic E-state index is 0.110. The van der Waals surface area contributed by atoms with Crippen molar-refractivity contribution in [2.45, 2.75) is 19.8 Å². The molecule has 1 aromatic carbocycles. The van der Waals surface area contributed by atoms with Gasteiger partial charge in [-0.3, -0.25) is 4.79 Å². The van der Waals surface area contributed by atoms with Gasteiger partial charge in [-0.15, -0.1) is 11.3 Å². The third-order valence-corrected chi connectivity index (χ3v) is 5.24. The largest absolute Gasteiger partial charge is 0.302 e. The molecule has 0 radical (unpaired) electrons. The molecule has 1 amide bonds. The Morgan fingerprint density at radius 1 is 1.50 bits per heavy atom. The molecule has 5 heteroatoms. The standard InChI is InChI=1S/C15H15BrN2OS/c1-9-6-12(9)14(19)18-15-17-8-11(20-15)7-10-4-2-3-5-13(10)16/h2-5,8-9,12H,6-7H2,1H3,(H,17,18,19)/t9-,12+/m1/s1. The van der Waals surface area contributed by atoms with E-state index >= 15 is 0 Å². The fraction of sp³-hybridized carbons (Fsp3) is 0.333. The summed E-state index contributed by atoms with van der Waals surface area (Å²) in [5, 5.41) is 3.62. The summed E-state index contributed by atoms with van der Waals surface area (Å²) in [4.78, 5) is 17.3. The van der Waals surface area contributed by atoms with E-state index in [0.717, 1.165) is 22.2 Å². The van der Waals surface area contributed by atoms with Gasteiger partial charge < -0.3 is 5.32 Å². The number of amides is 1. The average molecular weight is 351 g/mol. The highest BCUT2D eigenvalue weighted by Crippen LogP contribution is 2.38. The van der Waals surface area contributed by atoms with Crippen LogP contribution in [0.4, 0.5) is 5.13 Å². The van der Waals surface area contributed by atoms with Gasteiger partial charge in [-0.05, 0) is 24.0 Å². The van der Waals surface area contributed by atoms with E-state index in [1.54, 1.807) is 11.3 Å². The van der Waals surface area contributed by atoms with Gasteiger partial charge >= 0.3 is 0 Å². The first-order valence-electron chi connectivity index (χ1n) is 6.62. The summed E-state index contributed by atoms with van der Waals surface area (Å²) in [6.07, 6.45) is 3.67. The van der Waals surface area contributed by atoms with Gasteiger partial charge in [-0.2, -0.15) is 0 Å². The number of nitrogens with one attached hydrogen (secondary N) is 1. The maximum absolute atomic E-state index is 11.9. The second-order valence-electron chi connectivity index (χ2n) is 5.21. The van der Waals surface area contributed by atoms with Crippen LogP contribution in [0.15, 0.2) is 34.9 Å². The van der Waals surface area contributed by atoms with Crippen molar-refractivity contribution in [2.75, 3.05) is 5.32 Å². The molecular formula is C15H15BrN2OS. The zero-order valence-corrected chi connectivity index (χ0v) is 13.5. The van der Waals surface area contributed by atoms with Gasteiger partial charge in [0.25, 0.3) is 0 Å². The fourth-order valence-corrected chi connectivity index (χ4v) is 3.43. The van der Waals surface area contributed by atoms with Crippen LogP contribution in [0.1, 0.15) is 23.8 Å². The number of nitrogens with zero attached hydrogens (tertiary/aromatic N) is 1. The zero-order chi connectivity index (χ0) is 14.1. The summed E-state index contributed by atoms with van der Waals surface area (Å²) in [7, 11) is 0. The summed E-state index contributed by atoms with van der Waals surface area (Å²) in [5.41, 5.74) is 1.23. The number of benzene rings is 1. The van der Waals surface area contributed by atoms with E-state index in [4.69, 9.17) is 0 Å². The predicted octanol–water partition coefficient (Wildman–Crippen LogP) is 4.09. The topological polar surface area (TPSA) is 42.0 Å². The summed E-state index contributed by atoms with van der Waals surface area (Å²) in [5.74, 6) is 0.819. The van der Waals surface area contributed by atoms with Crippen LogP contribution >= 0.6 is 27.3 Å². The zero-order valence-electron chi connectivity index (χ0n) is 11.1. The Morgan fingerprint density at radius 3 is 2.95 bits per heavy atom. The third-order valence-electron chi connectivity index (χ3n) is 3.55. The van der Waals surface area contributed by atoms with Crippen molar-refractivity contribution < 1.29 is 4.79 Å². The van der Waals surface area contributed by atoms with Crippen LogP contribution in [0.25, 0.3) is 0 Å². The molecule has 20 heavy (non-hydrogen) atoms. The first-order chi connectivity index (χ1) is 9.63. The number of thiazole rings is 1. The van der Waals surface area contributed by atoms with Crippen molar-refractivity contribution in [2.24, 2.45) is 11.8 Å². The first-order valence-corrected chi connectivity index (χ1v) is 8.23. The number of hydrogen-bond donors (Lipinski definition) is 1. The van der Waals surface area contributed by atoms with E-state index in [-0.39, 0.29) is 11.8 Å². The smallest absolute Gasteiger partial charge is 0.229 e. The minimum Gasteiger partial charge on any atom is -0.302 e. The lowest BCUT2D eigenvalue weighted by Crippen LogP contribution is -2.13. The van der Waals surface area contributed by atoms with Crippen molar-refractivity contribution in [1.29, 1.82) is 0 Å². The van der Waals surface area contributed by atoms with Crippen molar-refractivity contribution >= 4 is 38.3 Å². The van der Waals surface area contributed by atoms with Crippen LogP contribution in [0.3, 0.4) is 0 Å². The van der Waals surface area contributed by atoms with Crippen molar-refractivity contribution in [3.8, 4) is 0 Å². The van der Waals surface area contributed by atoms with Crippen LogP contribution < -0.4 is 5.32 Å². The molecule has 0 saturated heterocycles. The van der Waals surface area contributed by atoms with Gasteiger partial charge in [-0.1, -0.05) is 41.1 Å². The molecule has 1 aliphatic rings. The number of aromatic nitrogens is 1. The van der Waals surface area contributed by atoms with Crippen LogP contribution in [0, 0.1) is 11.8 Å². The summed E-state index contributed by atoms with van der Waals surface area (Å²) < 4.78 is 1.10. The normalized spacial score (nSPS) is 20.7. The molecule has 0 unspecified atom stereocenters. The lowest BCUT2D eigenvalue weighted by Gasteiger charge is -2.01. The lowest BCUT2D eigenvalue weighted by molar-refractivity contribution is -0.117. The summed E-state index contributed by atoms with van der Waals surface area (Å²) in [6.45, 7) is 2.10. The Kier molecular flexibility index (Phi) is 3.89. The number of carbonyl (C=O) groups is 1. The minimum atomic E-state index is 0.110. The number of anilines is 1. The van der Waals surface area contributed by atoms with Gasteiger partial charge in [-0.25, -0.2) is 4.98 Å². The molecule has 2 aromatic rings. The van der Waals surface area contributed by atoms with Gasteiger partial charge in [0.2, 0.25) is 5.91 Å². The molecule has 1 N–H and O–H groups in total. The Balaban J connectivity index is 1.65. The Hall–Kier alpha value is -1.20. The highest BCUT2D eigenvalue weighted by atomic mass is 79.9. The SMILES string of the molecule is C[C@@H]1C[C@@H]1C(=O)Nc1ncc(Cc2ccccc2Br)s1. The monoisotopic (exact) mass is 350 g/mol. The van der Waals surface area contributed by atoms with Crippen molar-refractivity contribution in [3.05, 3.63) is 45.4 Å². The summed E-state index contributed by atoms with van der Waals surface area (Å²) >= 11 is 5.10. The van der Waals surface area contributed by atoms with Crippen molar-refractivity contribution in [3.63, 3.8) is 0 Å². The maximum Gasteiger partial charge on any atom is 0.229 e. The Morgan fingerprint density at radius 2 is 2.25 bits per heavy atom. The van der Waals surface area contributed by atoms with Crippen LogP contribution in [-0.4, -0.2) is 10.9 Å². The molecule has 0 bridgehead atoms. The number of halogens is 1. The molecule has 1 heterocycles. The van der Waals surface area contributed by atoms with Crippen molar-refractivity contribution in [1.82, 2.24) is 4.98 Å². The van der Waals surface area contributed by atoms with Gasteiger partial charge in [0.15, 0.2) is 5.13 Å². The van der Waals surface area contributed by atoms with E-state index in [1.807, 2.05) is 24.4 Å². The van der Waals surface area contributed by atoms with E-state index in [9.17, 15) is 4.79 Å². The third kappa shape index (κ3) is 3.10. The number of hydrogen-bond acceptors (Lipinski definition) is 3. The molecule has 2 atom stereocenters. The number of carbonyl (C=O) groups excluding carboxylic acids is 1. The van der Waals surface area contributed by atoms with E-state index in [2.05, 4.69) is 39.2 Å². The first kappa shape index (κ1) is 13.8. The molecule has 1 fully saturated rings. The molecule has 3 nitrogen and oxygen atoms in total. The second-order valence-corrected chi connectivity index (χ2v) is 7.18. The molecule has 104 valence electrons. The van der Waals surface area contributed by atoms with Gasteiger partial charge in [0.1, 0.15) is 0 Å². The molecule has 1 aliphatic carbocycles. The molecule has 3 rings (SSSR count). The molecular weight excluding hydrogens is 336 g/mol. The van der Waals surface area contributed by atoms with Crippen LogP contribution in [0.5, 0.6) is 0 Å². The van der Waals surface area contributed by atoms with Crippen LogP contribution in [-0.2, 0) is 11.2 Å². The quantitative estimate of drug-likeness (QED) is 0.902. The molecule has 1 aromatic heterocycles. The fourth-order valence-electron chi connectivity index (χ4n) is 2.16. The van der Waals surface area contributed by atoms with Gasteiger partial charge in [0, 0.05) is 27.9 Å². The Labute approximate surface area is 130 Å². The van der Waals surface area contributed by atoms with Gasteiger partial charge in [0.05, 0.1) is 0 Å². The molecule has 0 aliphatic heterocycles. The lowest BCUT2D eigenvalue weighted by atomic mass is 10.1. The maximum atomic E-state index is 11.9. The highest BCUT2D eigenvalue weighted by Gasteiger charge is 2.39. The molecule has 0 spiro atoms. The second kappa shape index (κ2) is 5.66. The van der Waals surface area contributed by atoms with E-state index < -0.39 is 0 Å². The van der Waals surface area contributed by atoms with Crippen LogP contribution in [0.2, 0.25) is 0 Å². The Bertz CT molecular complexity index is 640. The molecule has 1 saturated carbocycles. The summed E-state index contributed by atoms with van der Waals surface area (Å²) in [6, 6.07) is 8.16. The van der Waals surface area contributed by atoms with E-state index in [1.165, 1.54) is 5.56 Å². The highest BCUT2D eigenvalue weighted by molar-refractivity contribution is 9.10. The average Bonchev–Trinajstić information content (AvgIpc) is 3.00. The predicted molar refractivity (Wildman–Crippen MR) is 85.0 cm³/mol.